The highest BCUT2D eigenvalue weighted by molar-refractivity contribution is 5.97. The lowest BCUT2D eigenvalue weighted by Gasteiger charge is -2.36. The van der Waals surface area contributed by atoms with Crippen LogP contribution in [0.2, 0.25) is 0 Å². The Morgan fingerprint density at radius 2 is 1.83 bits per heavy atom. The van der Waals surface area contributed by atoms with Gasteiger partial charge >= 0.3 is 0 Å². The summed E-state index contributed by atoms with van der Waals surface area (Å²) in [6, 6.07) is 12.2. The highest BCUT2D eigenvalue weighted by atomic mass is 35.5. The number of ether oxygens (including phenoxy) is 1. The van der Waals surface area contributed by atoms with E-state index in [-0.39, 0.29) is 48.1 Å². The van der Waals surface area contributed by atoms with Gasteiger partial charge in [-0.2, -0.15) is 5.01 Å². The van der Waals surface area contributed by atoms with E-state index in [0.717, 1.165) is 18.2 Å². The summed E-state index contributed by atoms with van der Waals surface area (Å²) in [5, 5.41) is 5.55. The smallest absolute Gasteiger partial charge is 0.249 e. The summed E-state index contributed by atoms with van der Waals surface area (Å²) in [7, 11) is 0. The molecule has 164 valence electrons. The lowest BCUT2D eigenvalue weighted by Crippen LogP contribution is -2.46. The first-order valence-corrected chi connectivity index (χ1v) is 9.22. The van der Waals surface area contributed by atoms with Gasteiger partial charge in [-0.1, -0.05) is 44.2 Å². The van der Waals surface area contributed by atoms with Crippen LogP contribution in [0.15, 0.2) is 53.6 Å². The third-order valence-electron chi connectivity index (χ3n) is 4.60. The second-order valence-corrected chi connectivity index (χ2v) is 6.98. The number of halogens is 4. The standard InChI is InChI=1S/C21H23F2N3O2.2ClH/c1-14(2)20(27)26-21(11-6-12-24,15-7-4-3-5-8-15)28-19(25-26)17-13-16(22)9-10-18(17)23;;/h3-5,7-10,13-14H,6,11-12,24H2,1-2H3;2*1H. The number of nitrogens with two attached hydrogens (primary N) is 1. The SMILES string of the molecule is CC(C)C(=O)N1N=C(c2cc(F)ccc2F)OC1(CCCN)c1ccccc1.Cl.Cl. The fraction of sp³-hybridized carbons (Fsp3) is 0.333. The molecule has 30 heavy (non-hydrogen) atoms. The molecule has 0 spiro atoms. The molecular weight excluding hydrogens is 435 g/mol. The molecule has 0 bridgehead atoms. The third-order valence-corrected chi connectivity index (χ3v) is 4.60. The molecule has 0 saturated heterocycles. The van der Waals surface area contributed by atoms with E-state index in [4.69, 9.17) is 10.5 Å². The first-order chi connectivity index (χ1) is 13.4. The Balaban J connectivity index is 0.00000225. The summed E-state index contributed by atoms with van der Waals surface area (Å²) in [5.74, 6) is -2.09. The van der Waals surface area contributed by atoms with Gasteiger partial charge in [-0.3, -0.25) is 4.79 Å². The Morgan fingerprint density at radius 1 is 1.17 bits per heavy atom. The Morgan fingerprint density at radius 3 is 2.43 bits per heavy atom. The van der Waals surface area contributed by atoms with E-state index in [1.165, 1.54) is 5.01 Å². The number of rotatable bonds is 6. The molecule has 1 atom stereocenters. The van der Waals surface area contributed by atoms with Gasteiger partial charge in [0.15, 0.2) is 0 Å². The zero-order valence-electron chi connectivity index (χ0n) is 16.7. The summed E-state index contributed by atoms with van der Waals surface area (Å²) < 4.78 is 34.2. The van der Waals surface area contributed by atoms with Crippen LogP contribution in [0.5, 0.6) is 0 Å². The van der Waals surface area contributed by atoms with Crippen molar-refractivity contribution in [2.24, 2.45) is 16.8 Å². The highest BCUT2D eigenvalue weighted by Crippen LogP contribution is 2.41. The molecule has 0 fully saturated rings. The Bertz CT molecular complexity index is 897. The van der Waals surface area contributed by atoms with Crippen molar-refractivity contribution in [1.29, 1.82) is 0 Å². The number of carbonyl (C=O) groups excluding carboxylic acids is 1. The van der Waals surface area contributed by atoms with E-state index in [1.807, 2.05) is 30.3 Å². The number of nitrogens with zero attached hydrogens (tertiary/aromatic N) is 2. The second kappa shape index (κ2) is 10.7. The molecule has 0 aliphatic carbocycles. The molecule has 1 aliphatic heterocycles. The van der Waals surface area contributed by atoms with Crippen LogP contribution in [-0.4, -0.2) is 23.4 Å². The lowest BCUT2D eigenvalue weighted by atomic mass is 9.95. The molecule has 2 aromatic rings. The van der Waals surface area contributed by atoms with Crippen molar-refractivity contribution in [1.82, 2.24) is 5.01 Å². The molecule has 3 rings (SSSR count). The lowest BCUT2D eigenvalue weighted by molar-refractivity contribution is -0.156. The van der Waals surface area contributed by atoms with Crippen molar-refractivity contribution < 1.29 is 18.3 Å². The molecule has 1 amide bonds. The molecule has 2 N–H and O–H groups in total. The Labute approximate surface area is 187 Å². The van der Waals surface area contributed by atoms with E-state index in [1.54, 1.807) is 13.8 Å². The molecule has 0 radical (unpaired) electrons. The molecule has 9 heteroatoms. The molecule has 0 saturated carbocycles. The van der Waals surface area contributed by atoms with Crippen molar-refractivity contribution in [3.05, 3.63) is 71.3 Å². The molecule has 1 unspecified atom stereocenters. The zero-order valence-corrected chi connectivity index (χ0v) is 18.3. The monoisotopic (exact) mass is 459 g/mol. The van der Waals surface area contributed by atoms with Crippen LogP contribution in [0, 0.1) is 17.6 Å². The summed E-state index contributed by atoms with van der Waals surface area (Å²) in [6.45, 7) is 3.87. The quantitative estimate of drug-likeness (QED) is 0.687. The van der Waals surface area contributed by atoms with Crippen LogP contribution >= 0.6 is 24.8 Å². The first kappa shape index (κ1) is 25.8. The van der Waals surface area contributed by atoms with Crippen molar-refractivity contribution in [3.63, 3.8) is 0 Å². The highest BCUT2D eigenvalue weighted by Gasteiger charge is 2.50. The van der Waals surface area contributed by atoms with Crippen LogP contribution < -0.4 is 5.73 Å². The average Bonchev–Trinajstić information content (AvgIpc) is 3.08. The number of carbonyl (C=O) groups is 1. The number of hydrazone groups is 1. The fourth-order valence-electron chi connectivity index (χ4n) is 3.16. The largest absolute Gasteiger partial charge is 0.443 e. The maximum atomic E-state index is 14.4. The van der Waals surface area contributed by atoms with Gasteiger partial charge < -0.3 is 10.5 Å². The summed E-state index contributed by atoms with van der Waals surface area (Å²) in [5.41, 5.74) is 5.00. The first-order valence-electron chi connectivity index (χ1n) is 9.22. The van der Waals surface area contributed by atoms with Gasteiger partial charge in [0, 0.05) is 17.9 Å². The topological polar surface area (TPSA) is 67.9 Å². The van der Waals surface area contributed by atoms with Crippen LogP contribution in [-0.2, 0) is 15.3 Å². The predicted molar refractivity (Wildman–Crippen MR) is 117 cm³/mol. The maximum absolute atomic E-state index is 14.4. The number of hydrogen-bond donors (Lipinski definition) is 1. The van der Waals surface area contributed by atoms with Crippen molar-refractivity contribution in [2.75, 3.05) is 6.54 Å². The average molecular weight is 460 g/mol. The van der Waals surface area contributed by atoms with Crippen LogP contribution in [0.3, 0.4) is 0 Å². The second-order valence-electron chi connectivity index (χ2n) is 6.98. The van der Waals surface area contributed by atoms with Gasteiger partial charge in [-0.15, -0.1) is 29.9 Å². The van der Waals surface area contributed by atoms with Crippen molar-refractivity contribution in [2.45, 2.75) is 32.4 Å². The maximum Gasteiger partial charge on any atom is 0.249 e. The predicted octanol–water partition coefficient (Wildman–Crippen LogP) is 4.58. The van der Waals surface area contributed by atoms with Crippen molar-refractivity contribution in [3.8, 4) is 0 Å². The molecule has 1 aliphatic rings. The minimum atomic E-state index is -1.27. The van der Waals surface area contributed by atoms with E-state index < -0.39 is 17.4 Å². The number of hydrogen-bond acceptors (Lipinski definition) is 4. The molecule has 1 heterocycles. The summed E-state index contributed by atoms with van der Waals surface area (Å²) in [4.78, 5) is 13.0. The van der Waals surface area contributed by atoms with E-state index in [2.05, 4.69) is 5.10 Å². The van der Waals surface area contributed by atoms with Gasteiger partial charge in [0.05, 0.1) is 5.56 Å². The van der Waals surface area contributed by atoms with Crippen LogP contribution in [0.1, 0.15) is 37.8 Å². The minimum absolute atomic E-state index is 0. The van der Waals surface area contributed by atoms with E-state index in [9.17, 15) is 13.6 Å². The van der Waals surface area contributed by atoms with E-state index >= 15 is 0 Å². The molecule has 0 aromatic heterocycles. The van der Waals surface area contributed by atoms with Crippen molar-refractivity contribution >= 4 is 36.6 Å². The molecule has 5 nitrogen and oxygen atoms in total. The Hall–Kier alpha value is -2.22. The summed E-state index contributed by atoms with van der Waals surface area (Å²) >= 11 is 0. The van der Waals surface area contributed by atoms with Crippen LogP contribution in [0.25, 0.3) is 0 Å². The number of benzene rings is 2. The molecular formula is C21H25Cl2F2N3O2. The minimum Gasteiger partial charge on any atom is -0.443 e. The number of amides is 1. The third kappa shape index (κ3) is 4.91. The van der Waals surface area contributed by atoms with Gasteiger partial charge in [0.1, 0.15) is 11.6 Å². The van der Waals surface area contributed by atoms with Gasteiger partial charge in [0.25, 0.3) is 0 Å². The van der Waals surface area contributed by atoms with Gasteiger partial charge in [0.2, 0.25) is 17.5 Å². The Kier molecular flexibility index (Phi) is 9.21. The fourth-order valence-corrected chi connectivity index (χ4v) is 3.16. The summed E-state index contributed by atoms with van der Waals surface area (Å²) in [6.07, 6.45) is 0.904. The van der Waals surface area contributed by atoms with Gasteiger partial charge in [-0.05, 0) is 31.2 Å². The van der Waals surface area contributed by atoms with Crippen LogP contribution in [0.4, 0.5) is 8.78 Å². The molecule has 2 aromatic carbocycles. The zero-order chi connectivity index (χ0) is 20.3. The normalized spacial score (nSPS) is 17.7. The van der Waals surface area contributed by atoms with E-state index in [0.29, 0.717) is 24.9 Å². The van der Waals surface area contributed by atoms with Gasteiger partial charge in [-0.25, -0.2) is 8.78 Å².